The summed E-state index contributed by atoms with van der Waals surface area (Å²) in [7, 11) is 0. The van der Waals surface area contributed by atoms with Crippen LogP contribution in [0, 0.1) is 22.7 Å². The molecule has 0 radical (unpaired) electrons. The molecule has 0 saturated heterocycles. The fourth-order valence-electron chi connectivity index (χ4n) is 2.99. The molecule has 2 N–H and O–H groups in total. The Morgan fingerprint density at radius 2 is 1.63 bits per heavy atom. The van der Waals surface area contributed by atoms with Gasteiger partial charge < -0.3 is 5.32 Å². The summed E-state index contributed by atoms with van der Waals surface area (Å²) in [4.78, 5) is 12.2. The number of hydrogen-bond acceptors (Lipinski definition) is 6. The number of rotatable bonds is 5. The number of ketones is 1. The van der Waals surface area contributed by atoms with Crippen molar-refractivity contribution in [1.82, 2.24) is 0 Å². The molecule has 0 spiro atoms. The minimum Gasteiger partial charge on any atom is -0.357 e. The number of anilines is 2. The van der Waals surface area contributed by atoms with Gasteiger partial charge in [0, 0.05) is 18.2 Å². The Kier molecular flexibility index (Phi) is 5.61. The number of carbonyl (C=O) groups is 1. The van der Waals surface area contributed by atoms with Crippen molar-refractivity contribution in [3.05, 3.63) is 71.9 Å². The predicted molar refractivity (Wildman–Crippen MR) is 104 cm³/mol. The van der Waals surface area contributed by atoms with E-state index in [2.05, 4.69) is 15.8 Å². The van der Waals surface area contributed by atoms with Gasteiger partial charge in [-0.05, 0) is 30.0 Å². The van der Waals surface area contributed by atoms with Crippen LogP contribution < -0.4 is 10.7 Å². The summed E-state index contributed by atoms with van der Waals surface area (Å²) in [5.41, 5.74) is 5.74. The van der Waals surface area contributed by atoms with Gasteiger partial charge in [0.2, 0.25) is 5.71 Å². The maximum atomic E-state index is 12.2. The van der Waals surface area contributed by atoms with Gasteiger partial charge >= 0.3 is 0 Å². The SMILES string of the molecule is N#CC(C#N)=NNc1ccccc1NC1=CC(=O)CC(c2ccccc2)C1. The minimum absolute atomic E-state index is 0.0808. The van der Waals surface area contributed by atoms with Crippen LogP contribution >= 0.6 is 0 Å². The monoisotopic (exact) mass is 355 g/mol. The lowest BCUT2D eigenvalue weighted by Gasteiger charge is -2.24. The number of nitrogens with one attached hydrogen (secondary N) is 2. The van der Waals surface area contributed by atoms with E-state index in [0.717, 1.165) is 17.7 Å². The zero-order valence-electron chi connectivity index (χ0n) is 14.5. The summed E-state index contributed by atoms with van der Waals surface area (Å²) < 4.78 is 0. The lowest BCUT2D eigenvalue weighted by Crippen LogP contribution is -2.17. The van der Waals surface area contributed by atoms with E-state index in [-0.39, 0.29) is 17.4 Å². The summed E-state index contributed by atoms with van der Waals surface area (Å²) in [6, 6.07) is 20.7. The number of hydrogen-bond donors (Lipinski definition) is 2. The number of para-hydroxylation sites is 2. The van der Waals surface area contributed by atoms with Crippen LogP contribution in [-0.2, 0) is 4.79 Å². The Balaban J connectivity index is 1.79. The van der Waals surface area contributed by atoms with Gasteiger partial charge in [-0.15, -0.1) is 0 Å². The zero-order valence-corrected chi connectivity index (χ0v) is 14.5. The minimum atomic E-state index is -0.263. The zero-order chi connectivity index (χ0) is 19.1. The highest BCUT2D eigenvalue weighted by molar-refractivity contribution is 6.10. The van der Waals surface area contributed by atoms with Gasteiger partial charge in [-0.1, -0.05) is 42.5 Å². The van der Waals surface area contributed by atoms with E-state index in [1.807, 2.05) is 48.5 Å². The second-order valence-corrected chi connectivity index (χ2v) is 6.12. The fraction of sp³-hybridized carbons (Fsp3) is 0.143. The molecule has 0 saturated carbocycles. The van der Waals surface area contributed by atoms with Crippen molar-refractivity contribution >= 4 is 22.9 Å². The quantitative estimate of drug-likeness (QED) is 0.625. The van der Waals surface area contributed by atoms with E-state index in [9.17, 15) is 4.79 Å². The van der Waals surface area contributed by atoms with Gasteiger partial charge in [0.1, 0.15) is 12.1 Å². The van der Waals surface area contributed by atoms with Crippen molar-refractivity contribution in [1.29, 1.82) is 10.5 Å². The molecule has 0 amide bonds. The Bertz CT molecular complexity index is 964. The van der Waals surface area contributed by atoms with Gasteiger partial charge in [-0.3, -0.25) is 10.2 Å². The van der Waals surface area contributed by atoms with Gasteiger partial charge in [0.05, 0.1) is 11.4 Å². The lowest BCUT2D eigenvalue weighted by atomic mass is 9.85. The second kappa shape index (κ2) is 8.46. The molecule has 6 nitrogen and oxygen atoms in total. The molecule has 0 fully saturated rings. The highest BCUT2D eigenvalue weighted by atomic mass is 16.1. The van der Waals surface area contributed by atoms with Crippen molar-refractivity contribution in [2.75, 3.05) is 10.7 Å². The van der Waals surface area contributed by atoms with Crippen molar-refractivity contribution in [2.45, 2.75) is 18.8 Å². The molecule has 1 aliphatic rings. The van der Waals surface area contributed by atoms with Crippen molar-refractivity contribution in [3.8, 4) is 12.1 Å². The average Bonchev–Trinajstić information content (AvgIpc) is 2.70. The Labute approximate surface area is 157 Å². The van der Waals surface area contributed by atoms with Crippen LogP contribution in [0.1, 0.15) is 24.3 Å². The molecule has 6 heteroatoms. The number of allylic oxidation sites excluding steroid dienone is 2. The normalized spacial score (nSPS) is 15.7. The van der Waals surface area contributed by atoms with Crippen LogP contribution in [0.2, 0.25) is 0 Å². The average molecular weight is 355 g/mol. The van der Waals surface area contributed by atoms with E-state index in [0.29, 0.717) is 17.8 Å². The van der Waals surface area contributed by atoms with Crippen LogP contribution in [0.25, 0.3) is 0 Å². The number of nitriles is 2. The molecule has 27 heavy (non-hydrogen) atoms. The third-order valence-electron chi connectivity index (χ3n) is 4.24. The molecule has 0 aliphatic heterocycles. The number of benzene rings is 2. The molecule has 1 atom stereocenters. The molecule has 0 heterocycles. The summed E-state index contributed by atoms with van der Waals surface area (Å²) in [5, 5.41) is 24.7. The van der Waals surface area contributed by atoms with Gasteiger partial charge in [0.15, 0.2) is 5.78 Å². The van der Waals surface area contributed by atoms with E-state index in [1.54, 1.807) is 24.3 Å². The molecule has 1 aliphatic carbocycles. The standard InChI is InChI=1S/C21H17N5O/c22-13-18(14-23)25-26-21-9-5-4-8-20(21)24-17-10-16(11-19(27)12-17)15-6-2-1-3-7-15/h1-9,12,16,24,26H,10-11H2. The largest absolute Gasteiger partial charge is 0.357 e. The third kappa shape index (κ3) is 4.59. The van der Waals surface area contributed by atoms with Crippen LogP contribution in [0.3, 0.4) is 0 Å². The first-order valence-electron chi connectivity index (χ1n) is 8.48. The number of hydrazone groups is 1. The molecule has 2 aromatic carbocycles. The van der Waals surface area contributed by atoms with Gasteiger partial charge in [0.25, 0.3) is 0 Å². The van der Waals surface area contributed by atoms with Crippen molar-refractivity contribution in [3.63, 3.8) is 0 Å². The first-order valence-corrected chi connectivity index (χ1v) is 8.48. The molecule has 0 bridgehead atoms. The topological polar surface area (TPSA) is 101 Å². The maximum Gasteiger partial charge on any atom is 0.237 e. The van der Waals surface area contributed by atoms with Crippen molar-refractivity contribution in [2.24, 2.45) is 5.10 Å². The molecular weight excluding hydrogens is 338 g/mol. The van der Waals surface area contributed by atoms with Crippen molar-refractivity contribution < 1.29 is 4.79 Å². The highest BCUT2D eigenvalue weighted by Crippen LogP contribution is 2.33. The first kappa shape index (κ1) is 17.9. The third-order valence-corrected chi connectivity index (χ3v) is 4.24. The molecule has 132 valence electrons. The van der Waals surface area contributed by atoms with E-state index >= 15 is 0 Å². The van der Waals surface area contributed by atoms with E-state index in [1.165, 1.54) is 0 Å². The molecule has 0 aromatic heterocycles. The maximum absolute atomic E-state index is 12.2. The predicted octanol–water partition coefficient (Wildman–Crippen LogP) is 3.94. The molecule has 2 aromatic rings. The Hall–Kier alpha value is -3.90. The summed E-state index contributed by atoms with van der Waals surface area (Å²) in [5.74, 6) is 0.213. The summed E-state index contributed by atoms with van der Waals surface area (Å²) in [6.45, 7) is 0. The smallest absolute Gasteiger partial charge is 0.237 e. The van der Waals surface area contributed by atoms with E-state index in [4.69, 9.17) is 10.5 Å². The molecular formula is C21H17N5O. The van der Waals surface area contributed by atoms with E-state index < -0.39 is 0 Å². The lowest BCUT2D eigenvalue weighted by molar-refractivity contribution is -0.115. The molecule has 3 rings (SSSR count). The summed E-state index contributed by atoms with van der Waals surface area (Å²) >= 11 is 0. The summed E-state index contributed by atoms with van der Waals surface area (Å²) in [6.07, 6.45) is 2.84. The van der Waals surface area contributed by atoms with Gasteiger partial charge in [-0.25, -0.2) is 0 Å². The number of carbonyl (C=O) groups excluding carboxylic acids is 1. The van der Waals surface area contributed by atoms with Crippen LogP contribution in [-0.4, -0.2) is 11.5 Å². The highest BCUT2D eigenvalue weighted by Gasteiger charge is 2.22. The Morgan fingerprint density at radius 3 is 2.33 bits per heavy atom. The Morgan fingerprint density at radius 1 is 0.963 bits per heavy atom. The number of nitrogens with zero attached hydrogens (tertiary/aromatic N) is 3. The first-order chi connectivity index (χ1) is 13.2. The van der Waals surface area contributed by atoms with Crippen LogP contribution in [0.15, 0.2) is 71.5 Å². The van der Waals surface area contributed by atoms with Gasteiger partial charge in [-0.2, -0.15) is 15.6 Å². The van der Waals surface area contributed by atoms with Crippen LogP contribution in [0.5, 0.6) is 0 Å². The fourth-order valence-corrected chi connectivity index (χ4v) is 2.99. The molecule has 1 unspecified atom stereocenters. The van der Waals surface area contributed by atoms with Crippen LogP contribution in [0.4, 0.5) is 11.4 Å². The second-order valence-electron chi connectivity index (χ2n) is 6.12.